The number of non-ortho nitro benzene ring substituents is 1. The van der Waals surface area contributed by atoms with Gasteiger partial charge in [-0.25, -0.2) is 4.79 Å². The lowest BCUT2D eigenvalue weighted by Crippen LogP contribution is -2.33. The van der Waals surface area contributed by atoms with Gasteiger partial charge in [0.1, 0.15) is 0 Å². The maximum atomic E-state index is 12.8. The quantitative estimate of drug-likeness (QED) is 0.175. The van der Waals surface area contributed by atoms with Crippen LogP contribution in [-0.4, -0.2) is 50.3 Å². The molecule has 0 aliphatic rings. The molecule has 0 radical (unpaired) electrons. The highest BCUT2D eigenvalue weighted by molar-refractivity contribution is 7.99. The fourth-order valence-electron chi connectivity index (χ4n) is 3.37. The van der Waals surface area contributed by atoms with Gasteiger partial charge in [-0.3, -0.25) is 19.7 Å². The zero-order valence-corrected chi connectivity index (χ0v) is 21.4. The molecule has 0 aliphatic carbocycles. The van der Waals surface area contributed by atoms with Gasteiger partial charge in [0.25, 0.3) is 11.6 Å². The Morgan fingerprint density at radius 1 is 1.11 bits per heavy atom. The molecular weight excluding hydrogens is 500 g/mol. The van der Waals surface area contributed by atoms with E-state index in [0.29, 0.717) is 22.2 Å². The van der Waals surface area contributed by atoms with Crippen LogP contribution >= 0.6 is 11.8 Å². The highest BCUT2D eigenvalue weighted by Crippen LogP contribution is 2.25. The van der Waals surface area contributed by atoms with E-state index in [4.69, 9.17) is 0 Å². The lowest BCUT2D eigenvalue weighted by Gasteiger charge is -2.21. The first-order valence-electron chi connectivity index (χ1n) is 11.2. The number of hydrogen-bond donors (Lipinski definition) is 2. The van der Waals surface area contributed by atoms with Crippen molar-refractivity contribution in [3.05, 3.63) is 75.6 Å². The van der Waals surface area contributed by atoms with Crippen LogP contribution in [0.25, 0.3) is 0 Å². The van der Waals surface area contributed by atoms with Crippen LogP contribution in [0.15, 0.2) is 53.7 Å². The van der Waals surface area contributed by atoms with Gasteiger partial charge in [0.2, 0.25) is 5.91 Å². The van der Waals surface area contributed by atoms with Gasteiger partial charge < -0.3 is 19.9 Å². The van der Waals surface area contributed by atoms with Crippen molar-refractivity contribution in [3.63, 3.8) is 0 Å². The lowest BCUT2D eigenvalue weighted by atomic mass is 10.0. The maximum absolute atomic E-state index is 12.8. The largest absolute Gasteiger partial charge is 0.465 e. The number of anilines is 1. The van der Waals surface area contributed by atoms with E-state index in [9.17, 15) is 24.5 Å². The van der Waals surface area contributed by atoms with E-state index >= 15 is 0 Å². The van der Waals surface area contributed by atoms with E-state index in [-0.39, 0.29) is 28.8 Å². The minimum Gasteiger partial charge on any atom is -0.465 e. The highest BCUT2D eigenvalue weighted by Gasteiger charge is 2.26. The highest BCUT2D eigenvalue weighted by atomic mass is 32.2. The smallest absolute Gasteiger partial charge is 0.337 e. The van der Waals surface area contributed by atoms with Crippen LogP contribution in [0.2, 0.25) is 0 Å². The monoisotopic (exact) mass is 526 g/mol. The molecule has 3 aromatic rings. The molecule has 1 heterocycles. The maximum Gasteiger partial charge on any atom is 0.337 e. The summed E-state index contributed by atoms with van der Waals surface area (Å²) >= 11 is 1.17. The Morgan fingerprint density at radius 3 is 2.43 bits per heavy atom. The van der Waals surface area contributed by atoms with E-state index in [1.54, 1.807) is 35.9 Å². The molecule has 0 unspecified atom stereocenters. The zero-order valence-electron chi connectivity index (χ0n) is 20.6. The van der Waals surface area contributed by atoms with Crippen molar-refractivity contribution in [3.8, 4) is 0 Å². The van der Waals surface area contributed by atoms with Gasteiger partial charge in [0.05, 0.1) is 29.4 Å². The van der Waals surface area contributed by atoms with E-state index < -0.39 is 22.8 Å². The van der Waals surface area contributed by atoms with Crippen LogP contribution in [0.5, 0.6) is 0 Å². The topological polar surface area (TPSA) is 158 Å². The van der Waals surface area contributed by atoms with Crippen LogP contribution in [-0.2, 0) is 16.6 Å². The zero-order chi connectivity index (χ0) is 27.1. The average Bonchev–Trinajstić information content (AvgIpc) is 3.25. The summed E-state index contributed by atoms with van der Waals surface area (Å²) in [7, 11) is 3.03. The number of aromatic nitrogens is 3. The van der Waals surface area contributed by atoms with Crippen molar-refractivity contribution in [2.24, 2.45) is 13.0 Å². The van der Waals surface area contributed by atoms with Crippen molar-refractivity contribution in [1.82, 2.24) is 20.1 Å². The molecule has 12 nitrogen and oxygen atoms in total. The summed E-state index contributed by atoms with van der Waals surface area (Å²) in [5.74, 6) is -0.754. The second-order valence-electron chi connectivity index (χ2n) is 8.31. The normalized spacial score (nSPS) is 11.6. The second kappa shape index (κ2) is 12.1. The van der Waals surface area contributed by atoms with Crippen molar-refractivity contribution < 1.29 is 24.0 Å². The molecule has 3 rings (SSSR count). The number of esters is 1. The SMILES string of the molecule is COC(=O)c1ccc(NC(=O)CSc2nnc([C@H](NC(=O)c3cccc([N+](=O)[O-])c3)C(C)C)n2C)cc1. The molecule has 0 spiro atoms. The Bertz CT molecular complexity index is 1310. The van der Waals surface area contributed by atoms with Crippen LogP contribution in [0, 0.1) is 16.0 Å². The Balaban J connectivity index is 1.64. The van der Waals surface area contributed by atoms with Crippen molar-refractivity contribution in [1.29, 1.82) is 0 Å². The molecule has 37 heavy (non-hydrogen) atoms. The summed E-state index contributed by atoms with van der Waals surface area (Å²) in [5, 5.41) is 25.5. The van der Waals surface area contributed by atoms with E-state index in [1.165, 1.54) is 43.1 Å². The molecule has 13 heteroatoms. The number of rotatable bonds is 10. The van der Waals surface area contributed by atoms with Crippen LogP contribution in [0.1, 0.15) is 46.4 Å². The number of carbonyl (C=O) groups excluding carboxylic acids is 3. The van der Waals surface area contributed by atoms with Crippen LogP contribution < -0.4 is 10.6 Å². The first-order chi connectivity index (χ1) is 17.6. The molecule has 0 bridgehead atoms. The average molecular weight is 527 g/mol. The Labute approximate surface area is 216 Å². The minimum atomic E-state index is -0.559. The number of nitrogens with zero attached hydrogens (tertiary/aromatic N) is 4. The number of nitro benzene ring substituents is 1. The van der Waals surface area contributed by atoms with Gasteiger partial charge in [-0.2, -0.15) is 0 Å². The first kappa shape index (κ1) is 27.3. The molecule has 0 saturated carbocycles. The summed E-state index contributed by atoms with van der Waals surface area (Å²) < 4.78 is 6.35. The van der Waals surface area contributed by atoms with Crippen molar-refractivity contribution in [2.45, 2.75) is 25.0 Å². The first-order valence-corrected chi connectivity index (χ1v) is 12.1. The molecule has 194 valence electrons. The Hall–Kier alpha value is -4.26. The molecule has 1 atom stereocenters. The second-order valence-corrected chi connectivity index (χ2v) is 9.25. The van der Waals surface area contributed by atoms with E-state index in [1.807, 2.05) is 13.8 Å². The minimum absolute atomic E-state index is 0.0527. The third-order valence-corrected chi connectivity index (χ3v) is 6.36. The number of methoxy groups -OCH3 is 1. The lowest BCUT2D eigenvalue weighted by molar-refractivity contribution is -0.384. The third kappa shape index (κ3) is 6.91. The number of nitrogens with one attached hydrogen (secondary N) is 2. The van der Waals surface area contributed by atoms with Gasteiger partial charge in [-0.1, -0.05) is 31.7 Å². The molecule has 0 fully saturated rings. The summed E-state index contributed by atoms with van der Waals surface area (Å²) in [6.07, 6.45) is 0. The molecule has 2 N–H and O–H groups in total. The van der Waals surface area contributed by atoms with Gasteiger partial charge in [-0.05, 0) is 36.2 Å². The van der Waals surface area contributed by atoms with Crippen molar-refractivity contribution in [2.75, 3.05) is 18.2 Å². The Morgan fingerprint density at radius 2 is 1.81 bits per heavy atom. The number of nitro groups is 1. The number of benzene rings is 2. The Kier molecular flexibility index (Phi) is 8.95. The molecule has 0 saturated heterocycles. The summed E-state index contributed by atoms with van der Waals surface area (Å²) in [4.78, 5) is 47.2. The number of carbonyl (C=O) groups is 3. The van der Waals surface area contributed by atoms with Crippen LogP contribution in [0.3, 0.4) is 0 Å². The number of hydrogen-bond acceptors (Lipinski definition) is 9. The molecule has 0 aliphatic heterocycles. The van der Waals surface area contributed by atoms with Crippen molar-refractivity contribution >= 4 is 40.9 Å². The fraction of sp³-hybridized carbons (Fsp3) is 0.292. The van der Waals surface area contributed by atoms with Gasteiger partial charge in [0.15, 0.2) is 11.0 Å². The predicted octanol–water partition coefficient (Wildman–Crippen LogP) is 3.37. The summed E-state index contributed by atoms with van der Waals surface area (Å²) in [6.45, 7) is 3.80. The number of thioether (sulfide) groups is 1. The van der Waals surface area contributed by atoms with Gasteiger partial charge in [-0.15, -0.1) is 10.2 Å². The summed E-state index contributed by atoms with van der Waals surface area (Å²) in [5.41, 5.74) is 0.885. The molecule has 2 aromatic carbocycles. The number of ether oxygens (including phenoxy) is 1. The van der Waals surface area contributed by atoms with Crippen LogP contribution in [0.4, 0.5) is 11.4 Å². The molecule has 2 amide bonds. The van der Waals surface area contributed by atoms with Gasteiger partial charge >= 0.3 is 5.97 Å². The van der Waals surface area contributed by atoms with E-state index in [0.717, 1.165) is 0 Å². The fourth-order valence-corrected chi connectivity index (χ4v) is 4.09. The van der Waals surface area contributed by atoms with Gasteiger partial charge in [0, 0.05) is 30.4 Å². The molecular formula is C24H26N6O6S. The molecule has 1 aromatic heterocycles. The standard InChI is InChI=1S/C24H26N6O6S/c1-14(2)20(26-22(32)16-6-5-7-18(12-16)30(34)35)21-27-28-24(29(21)3)37-13-19(31)25-17-10-8-15(9-11-17)23(33)36-4/h5-12,14,20H,13H2,1-4H3,(H,25,31)(H,26,32)/t20-/m1/s1. The number of amides is 2. The third-order valence-electron chi connectivity index (χ3n) is 5.34. The summed E-state index contributed by atoms with van der Waals surface area (Å²) in [6, 6.07) is 11.3. The van der Waals surface area contributed by atoms with E-state index in [2.05, 4.69) is 25.6 Å². The predicted molar refractivity (Wildman–Crippen MR) is 136 cm³/mol.